The number of methoxy groups -OCH3 is 1. The average molecular weight is 488 g/mol. The summed E-state index contributed by atoms with van der Waals surface area (Å²) < 4.78 is 5.23. The van der Waals surface area contributed by atoms with Crippen LogP contribution in [0.3, 0.4) is 0 Å². The SMILES string of the molecule is CN=C(NCc1cc(OC)ccc1O)NC1CCN(CC2CCCC2)C1.I. The van der Waals surface area contributed by atoms with Gasteiger partial charge < -0.3 is 25.4 Å². The number of aliphatic imine (C=N–C) groups is 1. The van der Waals surface area contributed by atoms with Crippen molar-refractivity contribution in [3.05, 3.63) is 23.8 Å². The second-order valence-corrected chi connectivity index (χ2v) is 7.46. The number of nitrogens with one attached hydrogen (secondary N) is 2. The highest BCUT2D eigenvalue weighted by atomic mass is 127. The third-order valence-electron chi connectivity index (χ3n) is 5.56. The van der Waals surface area contributed by atoms with Crippen molar-refractivity contribution >= 4 is 29.9 Å². The monoisotopic (exact) mass is 488 g/mol. The summed E-state index contributed by atoms with van der Waals surface area (Å²) in [5.74, 6) is 2.68. The topological polar surface area (TPSA) is 69.1 Å². The lowest BCUT2D eigenvalue weighted by molar-refractivity contribution is 0.275. The van der Waals surface area contributed by atoms with Crippen molar-refractivity contribution in [2.24, 2.45) is 10.9 Å². The minimum Gasteiger partial charge on any atom is -0.508 e. The minimum atomic E-state index is 0. The minimum absolute atomic E-state index is 0. The Labute approximate surface area is 179 Å². The summed E-state index contributed by atoms with van der Waals surface area (Å²) in [6.07, 6.45) is 6.78. The first-order chi connectivity index (χ1) is 12.7. The van der Waals surface area contributed by atoms with Crippen molar-refractivity contribution in [2.75, 3.05) is 33.8 Å². The van der Waals surface area contributed by atoms with E-state index in [1.165, 1.54) is 38.8 Å². The summed E-state index contributed by atoms with van der Waals surface area (Å²) in [6.45, 7) is 4.01. The molecule has 1 aliphatic carbocycles. The predicted octanol–water partition coefficient (Wildman–Crippen LogP) is 2.95. The molecule has 1 saturated heterocycles. The van der Waals surface area contributed by atoms with Gasteiger partial charge in [0.15, 0.2) is 5.96 Å². The number of halogens is 1. The molecule has 7 heteroatoms. The van der Waals surface area contributed by atoms with Gasteiger partial charge in [0.2, 0.25) is 0 Å². The molecular weight excluding hydrogens is 455 g/mol. The number of nitrogens with zero attached hydrogens (tertiary/aromatic N) is 2. The largest absolute Gasteiger partial charge is 0.508 e. The number of ether oxygens (including phenoxy) is 1. The Balaban J connectivity index is 0.00000261. The number of hydrogen-bond acceptors (Lipinski definition) is 4. The van der Waals surface area contributed by atoms with E-state index in [2.05, 4.69) is 20.5 Å². The summed E-state index contributed by atoms with van der Waals surface area (Å²) >= 11 is 0. The van der Waals surface area contributed by atoms with Crippen LogP contribution >= 0.6 is 24.0 Å². The fraction of sp³-hybridized carbons (Fsp3) is 0.650. The summed E-state index contributed by atoms with van der Waals surface area (Å²) in [6, 6.07) is 5.68. The molecule has 3 rings (SSSR count). The van der Waals surface area contributed by atoms with E-state index in [1.807, 2.05) is 6.07 Å². The van der Waals surface area contributed by atoms with Crippen LogP contribution in [0, 0.1) is 5.92 Å². The number of aromatic hydroxyl groups is 1. The van der Waals surface area contributed by atoms with Crippen LogP contribution in [-0.2, 0) is 6.54 Å². The molecule has 0 bridgehead atoms. The lowest BCUT2D eigenvalue weighted by Gasteiger charge is -2.21. The Bertz CT molecular complexity index is 620. The van der Waals surface area contributed by atoms with E-state index in [9.17, 15) is 5.11 Å². The van der Waals surface area contributed by atoms with Crippen molar-refractivity contribution in [1.29, 1.82) is 0 Å². The predicted molar refractivity (Wildman–Crippen MR) is 120 cm³/mol. The number of benzene rings is 1. The van der Waals surface area contributed by atoms with Gasteiger partial charge in [-0.05, 0) is 43.4 Å². The molecule has 0 radical (unpaired) electrons. The van der Waals surface area contributed by atoms with Crippen LogP contribution in [0.4, 0.5) is 0 Å². The fourth-order valence-electron chi connectivity index (χ4n) is 4.07. The number of phenolic OH excluding ortho intramolecular Hbond substituents is 1. The Morgan fingerprint density at radius 2 is 2.07 bits per heavy atom. The standard InChI is InChI=1S/C20H32N4O2.HI/c1-21-20(22-12-16-11-18(26-2)7-8-19(16)25)23-17-9-10-24(14-17)13-15-5-3-4-6-15;/h7-8,11,15,17,25H,3-6,9-10,12-14H2,1-2H3,(H2,21,22,23);1H. The second kappa shape index (κ2) is 10.9. The van der Waals surface area contributed by atoms with E-state index in [4.69, 9.17) is 4.74 Å². The molecule has 0 amide bonds. The molecule has 3 N–H and O–H groups in total. The van der Waals surface area contributed by atoms with E-state index in [1.54, 1.807) is 26.3 Å². The molecule has 1 aromatic rings. The van der Waals surface area contributed by atoms with Crippen molar-refractivity contribution in [3.8, 4) is 11.5 Å². The van der Waals surface area contributed by atoms with Gasteiger partial charge in [-0.3, -0.25) is 4.99 Å². The van der Waals surface area contributed by atoms with Gasteiger partial charge in [0, 0.05) is 44.8 Å². The molecule has 0 aromatic heterocycles. The molecule has 1 atom stereocenters. The lowest BCUT2D eigenvalue weighted by atomic mass is 10.1. The van der Waals surface area contributed by atoms with Crippen LogP contribution in [-0.4, -0.2) is 55.8 Å². The Hall–Kier alpha value is -1.22. The molecule has 1 unspecified atom stereocenters. The summed E-state index contributed by atoms with van der Waals surface area (Å²) in [5, 5.41) is 16.8. The van der Waals surface area contributed by atoms with Crippen LogP contribution < -0.4 is 15.4 Å². The molecule has 0 spiro atoms. The first-order valence-electron chi connectivity index (χ1n) is 9.73. The Morgan fingerprint density at radius 3 is 2.78 bits per heavy atom. The van der Waals surface area contributed by atoms with Gasteiger partial charge in [0.05, 0.1) is 7.11 Å². The van der Waals surface area contributed by atoms with E-state index in [0.29, 0.717) is 12.6 Å². The molecule has 1 aliphatic heterocycles. The first kappa shape index (κ1) is 22.1. The molecule has 2 fully saturated rings. The summed E-state index contributed by atoms with van der Waals surface area (Å²) in [7, 11) is 3.41. The zero-order valence-corrected chi connectivity index (χ0v) is 18.7. The number of phenols is 1. The van der Waals surface area contributed by atoms with Crippen LogP contribution in [0.1, 0.15) is 37.7 Å². The van der Waals surface area contributed by atoms with Gasteiger partial charge in [-0.2, -0.15) is 0 Å². The van der Waals surface area contributed by atoms with Gasteiger partial charge in [0.1, 0.15) is 11.5 Å². The van der Waals surface area contributed by atoms with Gasteiger partial charge >= 0.3 is 0 Å². The third kappa shape index (κ3) is 6.41. The zero-order chi connectivity index (χ0) is 18.4. The molecule has 27 heavy (non-hydrogen) atoms. The average Bonchev–Trinajstić information content (AvgIpc) is 3.32. The molecule has 6 nitrogen and oxygen atoms in total. The second-order valence-electron chi connectivity index (χ2n) is 7.46. The highest BCUT2D eigenvalue weighted by Crippen LogP contribution is 2.26. The van der Waals surface area contributed by atoms with Crippen LogP contribution in [0.25, 0.3) is 0 Å². The first-order valence-corrected chi connectivity index (χ1v) is 9.73. The number of rotatable bonds is 6. The van der Waals surface area contributed by atoms with Crippen LogP contribution in [0.2, 0.25) is 0 Å². The smallest absolute Gasteiger partial charge is 0.191 e. The Kier molecular flexibility index (Phi) is 8.95. The van der Waals surface area contributed by atoms with Gasteiger partial charge in [0.25, 0.3) is 0 Å². The number of guanidine groups is 1. The van der Waals surface area contributed by atoms with Crippen LogP contribution in [0.5, 0.6) is 11.5 Å². The number of likely N-dealkylation sites (tertiary alicyclic amines) is 1. The number of hydrogen-bond donors (Lipinski definition) is 3. The maximum Gasteiger partial charge on any atom is 0.191 e. The van der Waals surface area contributed by atoms with E-state index in [-0.39, 0.29) is 29.7 Å². The quantitative estimate of drug-likeness (QED) is 0.327. The maximum absolute atomic E-state index is 10.0. The highest BCUT2D eigenvalue weighted by molar-refractivity contribution is 14.0. The van der Waals surface area contributed by atoms with Crippen LogP contribution in [0.15, 0.2) is 23.2 Å². The van der Waals surface area contributed by atoms with E-state index in [0.717, 1.165) is 36.2 Å². The van der Waals surface area contributed by atoms with Crippen molar-refractivity contribution < 1.29 is 9.84 Å². The van der Waals surface area contributed by atoms with Gasteiger partial charge in [-0.25, -0.2) is 0 Å². The maximum atomic E-state index is 10.0. The molecule has 152 valence electrons. The molecule has 1 heterocycles. The fourth-order valence-corrected chi connectivity index (χ4v) is 4.07. The van der Waals surface area contributed by atoms with Crippen molar-refractivity contribution in [3.63, 3.8) is 0 Å². The van der Waals surface area contributed by atoms with E-state index >= 15 is 0 Å². The highest BCUT2D eigenvalue weighted by Gasteiger charge is 2.26. The van der Waals surface area contributed by atoms with Gasteiger partial charge in [-0.1, -0.05) is 12.8 Å². The van der Waals surface area contributed by atoms with Crippen molar-refractivity contribution in [2.45, 2.75) is 44.7 Å². The molecule has 2 aliphatic rings. The normalized spacial score (nSPS) is 21.1. The van der Waals surface area contributed by atoms with Crippen molar-refractivity contribution in [1.82, 2.24) is 15.5 Å². The molecular formula is C20H33IN4O2. The summed E-state index contributed by atoms with van der Waals surface area (Å²) in [4.78, 5) is 6.92. The zero-order valence-electron chi connectivity index (χ0n) is 16.4. The molecule has 1 aromatic carbocycles. The summed E-state index contributed by atoms with van der Waals surface area (Å²) in [5.41, 5.74) is 0.793. The van der Waals surface area contributed by atoms with Gasteiger partial charge in [-0.15, -0.1) is 24.0 Å². The molecule has 1 saturated carbocycles. The Morgan fingerprint density at radius 1 is 1.30 bits per heavy atom. The third-order valence-corrected chi connectivity index (χ3v) is 5.56. The lowest BCUT2D eigenvalue weighted by Crippen LogP contribution is -2.44. The van der Waals surface area contributed by atoms with E-state index < -0.39 is 0 Å².